The quantitative estimate of drug-likeness (QED) is 0.633. The number of hydrogen-bond donors (Lipinski definition) is 2. The molecule has 0 aromatic heterocycles. The first-order valence-corrected chi connectivity index (χ1v) is 7.52. The standard InChI is InChI=1S/C16H23N3O4/c1-16(2,3)23-15(21)19-8-7-11-5-4-6-12(14(11)19)9-18-22-10-13(17)20/h4-6,18H,7-10H2,1-3H3,(H2,17,20). The number of fused-ring (bicyclic) bond motifs is 1. The summed E-state index contributed by atoms with van der Waals surface area (Å²) < 4.78 is 5.46. The molecule has 7 nitrogen and oxygen atoms in total. The molecule has 0 bridgehead atoms. The molecule has 126 valence electrons. The van der Waals surface area contributed by atoms with Gasteiger partial charge in [0.2, 0.25) is 5.91 Å². The van der Waals surface area contributed by atoms with Crippen LogP contribution in [-0.4, -0.2) is 30.8 Å². The number of para-hydroxylation sites is 1. The minimum atomic E-state index is -0.550. The number of nitrogens with two attached hydrogens (primary N) is 1. The van der Waals surface area contributed by atoms with Gasteiger partial charge in [-0.25, -0.2) is 4.79 Å². The molecule has 7 heteroatoms. The average molecular weight is 321 g/mol. The number of rotatable bonds is 5. The third-order valence-corrected chi connectivity index (χ3v) is 3.27. The first-order valence-electron chi connectivity index (χ1n) is 7.52. The highest BCUT2D eigenvalue weighted by Crippen LogP contribution is 2.33. The van der Waals surface area contributed by atoms with Crippen molar-refractivity contribution in [3.8, 4) is 0 Å². The van der Waals surface area contributed by atoms with E-state index in [0.29, 0.717) is 13.1 Å². The van der Waals surface area contributed by atoms with Crippen molar-refractivity contribution in [2.24, 2.45) is 5.73 Å². The van der Waals surface area contributed by atoms with Crippen molar-refractivity contribution in [1.29, 1.82) is 0 Å². The molecule has 0 unspecified atom stereocenters. The van der Waals surface area contributed by atoms with Gasteiger partial charge in [0.25, 0.3) is 0 Å². The lowest BCUT2D eigenvalue weighted by atomic mass is 10.1. The van der Waals surface area contributed by atoms with E-state index < -0.39 is 11.5 Å². The number of carbonyl (C=O) groups is 2. The van der Waals surface area contributed by atoms with Crippen molar-refractivity contribution in [3.63, 3.8) is 0 Å². The van der Waals surface area contributed by atoms with E-state index in [9.17, 15) is 9.59 Å². The van der Waals surface area contributed by atoms with Gasteiger partial charge in [0.15, 0.2) is 0 Å². The highest BCUT2D eigenvalue weighted by atomic mass is 16.6. The molecule has 0 spiro atoms. The molecule has 2 rings (SSSR count). The molecule has 0 atom stereocenters. The average Bonchev–Trinajstić information content (AvgIpc) is 2.86. The molecule has 0 fully saturated rings. The summed E-state index contributed by atoms with van der Waals surface area (Å²) in [5, 5.41) is 0. The number of hydroxylamine groups is 1. The lowest BCUT2D eigenvalue weighted by Gasteiger charge is -2.26. The van der Waals surface area contributed by atoms with E-state index in [2.05, 4.69) is 5.48 Å². The Bertz CT molecular complexity index is 595. The van der Waals surface area contributed by atoms with Crippen LogP contribution in [0.15, 0.2) is 18.2 Å². The number of carbonyl (C=O) groups excluding carboxylic acids is 2. The van der Waals surface area contributed by atoms with Gasteiger partial charge in [-0.1, -0.05) is 18.2 Å². The molecule has 0 saturated carbocycles. The van der Waals surface area contributed by atoms with Gasteiger partial charge in [0.05, 0.1) is 5.69 Å². The van der Waals surface area contributed by atoms with Crippen molar-refractivity contribution in [1.82, 2.24) is 5.48 Å². The molecule has 1 aliphatic heterocycles. The van der Waals surface area contributed by atoms with Gasteiger partial charge in [-0.3, -0.25) is 14.5 Å². The molecular weight excluding hydrogens is 298 g/mol. The summed E-state index contributed by atoms with van der Waals surface area (Å²) in [6.07, 6.45) is 0.423. The summed E-state index contributed by atoms with van der Waals surface area (Å²) in [4.78, 5) is 29.7. The first kappa shape index (κ1) is 17.2. The van der Waals surface area contributed by atoms with Crippen LogP contribution >= 0.6 is 0 Å². The van der Waals surface area contributed by atoms with Crippen LogP contribution in [0.5, 0.6) is 0 Å². The number of benzene rings is 1. The summed E-state index contributed by atoms with van der Waals surface area (Å²) in [5.41, 5.74) is 9.99. The molecule has 0 saturated heterocycles. The molecule has 23 heavy (non-hydrogen) atoms. The van der Waals surface area contributed by atoms with Crippen molar-refractivity contribution >= 4 is 17.7 Å². The van der Waals surface area contributed by atoms with Crippen LogP contribution in [0.1, 0.15) is 31.9 Å². The van der Waals surface area contributed by atoms with Crippen LogP contribution in [0.25, 0.3) is 0 Å². The highest BCUT2D eigenvalue weighted by Gasteiger charge is 2.30. The number of anilines is 1. The summed E-state index contributed by atoms with van der Waals surface area (Å²) in [5.74, 6) is -0.550. The van der Waals surface area contributed by atoms with E-state index in [0.717, 1.165) is 23.2 Å². The van der Waals surface area contributed by atoms with Gasteiger partial charge in [0, 0.05) is 13.1 Å². The van der Waals surface area contributed by atoms with Crippen LogP contribution in [0.3, 0.4) is 0 Å². The lowest BCUT2D eigenvalue weighted by molar-refractivity contribution is -0.125. The van der Waals surface area contributed by atoms with Gasteiger partial charge in [0.1, 0.15) is 12.2 Å². The second-order valence-corrected chi connectivity index (χ2v) is 6.38. The van der Waals surface area contributed by atoms with Gasteiger partial charge in [-0.15, -0.1) is 0 Å². The molecular formula is C16H23N3O4. The zero-order valence-electron chi connectivity index (χ0n) is 13.7. The zero-order chi connectivity index (χ0) is 17.0. The molecule has 1 aliphatic rings. The highest BCUT2D eigenvalue weighted by molar-refractivity contribution is 5.91. The van der Waals surface area contributed by atoms with Gasteiger partial charge in [-0.05, 0) is 38.3 Å². The second kappa shape index (κ2) is 6.97. The van der Waals surface area contributed by atoms with Gasteiger partial charge < -0.3 is 10.5 Å². The Morgan fingerprint density at radius 2 is 2.09 bits per heavy atom. The van der Waals surface area contributed by atoms with E-state index >= 15 is 0 Å². The van der Waals surface area contributed by atoms with Crippen LogP contribution in [-0.2, 0) is 27.3 Å². The predicted molar refractivity (Wildman–Crippen MR) is 85.7 cm³/mol. The Balaban J connectivity index is 2.10. The third-order valence-electron chi connectivity index (χ3n) is 3.27. The fourth-order valence-corrected chi connectivity index (χ4v) is 2.43. The molecule has 0 radical (unpaired) electrons. The number of hydrogen-bond acceptors (Lipinski definition) is 5. The Morgan fingerprint density at radius 3 is 2.74 bits per heavy atom. The van der Waals surface area contributed by atoms with Crippen LogP contribution in [0, 0.1) is 0 Å². The molecule has 3 N–H and O–H groups in total. The zero-order valence-corrected chi connectivity index (χ0v) is 13.7. The number of ether oxygens (including phenoxy) is 1. The second-order valence-electron chi connectivity index (χ2n) is 6.38. The van der Waals surface area contributed by atoms with E-state index in [4.69, 9.17) is 15.3 Å². The van der Waals surface area contributed by atoms with Gasteiger partial charge in [-0.2, -0.15) is 5.48 Å². The van der Waals surface area contributed by atoms with Crippen LogP contribution < -0.4 is 16.1 Å². The van der Waals surface area contributed by atoms with Gasteiger partial charge >= 0.3 is 6.09 Å². The summed E-state index contributed by atoms with van der Waals surface area (Å²) in [7, 11) is 0. The Labute approximate surface area is 135 Å². The number of primary amides is 1. The number of nitrogens with one attached hydrogen (secondary N) is 1. The Hall–Kier alpha value is -2.12. The topological polar surface area (TPSA) is 93.9 Å². The molecule has 1 heterocycles. The van der Waals surface area contributed by atoms with Crippen molar-refractivity contribution in [2.45, 2.75) is 39.3 Å². The lowest BCUT2D eigenvalue weighted by Crippen LogP contribution is -2.36. The molecule has 1 aromatic rings. The smallest absolute Gasteiger partial charge is 0.414 e. The van der Waals surface area contributed by atoms with Crippen LogP contribution in [0.2, 0.25) is 0 Å². The van der Waals surface area contributed by atoms with E-state index in [1.165, 1.54) is 0 Å². The van der Waals surface area contributed by atoms with Crippen molar-refractivity contribution in [2.75, 3.05) is 18.1 Å². The van der Waals surface area contributed by atoms with Crippen molar-refractivity contribution in [3.05, 3.63) is 29.3 Å². The fraction of sp³-hybridized carbons (Fsp3) is 0.500. The summed E-state index contributed by atoms with van der Waals surface area (Å²) >= 11 is 0. The predicted octanol–water partition coefficient (Wildman–Crippen LogP) is 1.49. The maximum Gasteiger partial charge on any atom is 0.414 e. The van der Waals surface area contributed by atoms with E-state index in [-0.39, 0.29) is 12.7 Å². The fourth-order valence-electron chi connectivity index (χ4n) is 2.43. The maximum absolute atomic E-state index is 12.4. The Morgan fingerprint density at radius 1 is 1.35 bits per heavy atom. The number of nitrogens with zero attached hydrogens (tertiary/aromatic N) is 1. The Kier molecular flexibility index (Phi) is 5.23. The van der Waals surface area contributed by atoms with E-state index in [1.54, 1.807) is 4.90 Å². The summed E-state index contributed by atoms with van der Waals surface area (Å²) in [6, 6.07) is 5.83. The summed E-state index contributed by atoms with van der Waals surface area (Å²) in [6.45, 7) is 6.26. The minimum Gasteiger partial charge on any atom is -0.443 e. The normalized spacial score (nSPS) is 13.8. The largest absolute Gasteiger partial charge is 0.443 e. The maximum atomic E-state index is 12.4. The van der Waals surface area contributed by atoms with E-state index in [1.807, 2.05) is 39.0 Å². The molecule has 1 aromatic carbocycles. The number of amides is 2. The first-order chi connectivity index (χ1) is 10.8. The monoisotopic (exact) mass is 321 g/mol. The SMILES string of the molecule is CC(C)(C)OC(=O)N1CCc2cccc(CNOCC(N)=O)c21. The van der Waals surface area contributed by atoms with Crippen molar-refractivity contribution < 1.29 is 19.2 Å². The third kappa shape index (κ3) is 4.67. The van der Waals surface area contributed by atoms with Crippen LogP contribution in [0.4, 0.5) is 10.5 Å². The minimum absolute atomic E-state index is 0.204. The molecule has 0 aliphatic carbocycles. The molecule has 2 amide bonds.